The molecule has 0 aromatic carbocycles. The molecule has 0 radical (unpaired) electrons. The van der Waals surface area contributed by atoms with Crippen LogP contribution in [0, 0.1) is 6.92 Å². The molecule has 0 bridgehead atoms. The van der Waals surface area contributed by atoms with Crippen LogP contribution in [0.25, 0.3) is 0 Å². The summed E-state index contributed by atoms with van der Waals surface area (Å²) in [5.41, 5.74) is 1.19. The average molecular weight is 235 g/mol. The molecule has 0 N–H and O–H groups in total. The van der Waals surface area contributed by atoms with Gasteiger partial charge in [0, 0.05) is 38.0 Å². The molecule has 4 nitrogen and oxygen atoms in total. The Morgan fingerprint density at radius 1 is 1.53 bits per heavy atom. The first-order valence-corrected chi connectivity index (χ1v) is 6.30. The van der Waals surface area contributed by atoms with E-state index in [1.807, 2.05) is 13.1 Å². The standard InChI is InChI=1S/C13H21N3O/c1-11-14-6-5-13(15-11)12-4-3-7-16(10-12)8-9-17-2/h5-6,12H,3-4,7-10H2,1-2H3. The number of likely N-dealkylation sites (tertiary alicyclic amines) is 1. The van der Waals surface area contributed by atoms with E-state index in [0.717, 1.165) is 25.5 Å². The Balaban J connectivity index is 1.97. The van der Waals surface area contributed by atoms with E-state index < -0.39 is 0 Å². The second-order valence-corrected chi connectivity index (χ2v) is 4.66. The number of methoxy groups -OCH3 is 1. The Bertz CT molecular complexity index is 356. The molecule has 94 valence electrons. The summed E-state index contributed by atoms with van der Waals surface area (Å²) in [6.07, 6.45) is 4.35. The zero-order chi connectivity index (χ0) is 12.1. The van der Waals surface area contributed by atoms with E-state index >= 15 is 0 Å². The molecule has 2 rings (SSSR count). The predicted molar refractivity (Wildman–Crippen MR) is 67.1 cm³/mol. The van der Waals surface area contributed by atoms with E-state index in [-0.39, 0.29) is 0 Å². The minimum Gasteiger partial charge on any atom is -0.383 e. The van der Waals surface area contributed by atoms with Crippen LogP contribution in [0.3, 0.4) is 0 Å². The van der Waals surface area contributed by atoms with Gasteiger partial charge in [-0.2, -0.15) is 0 Å². The lowest BCUT2D eigenvalue weighted by atomic mass is 9.94. The number of aryl methyl sites for hydroxylation is 1. The average Bonchev–Trinajstić information content (AvgIpc) is 2.37. The summed E-state index contributed by atoms with van der Waals surface area (Å²) in [4.78, 5) is 11.2. The minimum absolute atomic E-state index is 0.558. The van der Waals surface area contributed by atoms with Gasteiger partial charge in [-0.05, 0) is 32.4 Å². The van der Waals surface area contributed by atoms with Gasteiger partial charge >= 0.3 is 0 Å². The van der Waals surface area contributed by atoms with Gasteiger partial charge < -0.3 is 9.64 Å². The van der Waals surface area contributed by atoms with Gasteiger partial charge in [0.15, 0.2) is 0 Å². The number of hydrogen-bond acceptors (Lipinski definition) is 4. The van der Waals surface area contributed by atoms with E-state index in [9.17, 15) is 0 Å². The molecule has 1 atom stereocenters. The van der Waals surface area contributed by atoms with Crippen molar-refractivity contribution in [3.05, 3.63) is 23.8 Å². The quantitative estimate of drug-likeness (QED) is 0.794. The molecule has 0 spiro atoms. The molecule has 0 aliphatic carbocycles. The molecule has 1 aromatic heterocycles. The third-order valence-electron chi connectivity index (χ3n) is 3.33. The highest BCUT2D eigenvalue weighted by molar-refractivity contribution is 5.09. The molecule has 1 fully saturated rings. The molecular weight excluding hydrogens is 214 g/mol. The van der Waals surface area contributed by atoms with Crippen LogP contribution in [0.4, 0.5) is 0 Å². The second kappa shape index (κ2) is 6.07. The molecular formula is C13H21N3O. The summed E-state index contributed by atoms with van der Waals surface area (Å²) in [6, 6.07) is 2.05. The van der Waals surface area contributed by atoms with Crippen LogP contribution in [-0.4, -0.2) is 48.2 Å². The van der Waals surface area contributed by atoms with E-state index in [4.69, 9.17) is 4.74 Å². The van der Waals surface area contributed by atoms with Crippen molar-refractivity contribution in [3.8, 4) is 0 Å². The monoisotopic (exact) mass is 235 g/mol. The Morgan fingerprint density at radius 2 is 2.41 bits per heavy atom. The van der Waals surface area contributed by atoms with E-state index in [0.29, 0.717) is 5.92 Å². The summed E-state index contributed by atoms with van der Waals surface area (Å²) in [5.74, 6) is 1.43. The maximum atomic E-state index is 5.14. The Hall–Kier alpha value is -1.00. The summed E-state index contributed by atoms with van der Waals surface area (Å²) < 4.78 is 5.14. The van der Waals surface area contributed by atoms with E-state index in [1.54, 1.807) is 7.11 Å². The first-order chi connectivity index (χ1) is 8.29. The Labute approximate surface area is 103 Å². The largest absolute Gasteiger partial charge is 0.383 e. The van der Waals surface area contributed by atoms with Gasteiger partial charge in [-0.25, -0.2) is 9.97 Å². The first kappa shape index (κ1) is 12.5. The van der Waals surface area contributed by atoms with Crippen molar-refractivity contribution < 1.29 is 4.74 Å². The van der Waals surface area contributed by atoms with Gasteiger partial charge in [0.25, 0.3) is 0 Å². The van der Waals surface area contributed by atoms with Crippen molar-refractivity contribution in [2.24, 2.45) is 0 Å². The molecule has 1 aliphatic rings. The topological polar surface area (TPSA) is 38.2 Å². The van der Waals surface area contributed by atoms with Crippen LogP contribution in [0.1, 0.15) is 30.3 Å². The number of rotatable bonds is 4. The molecule has 17 heavy (non-hydrogen) atoms. The van der Waals surface area contributed by atoms with Crippen LogP contribution in [0.5, 0.6) is 0 Å². The molecule has 0 amide bonds. The number of nitrogens with zero attached hydrogens (tertiary/aromatic N) is 3. The molecule has 1 aromatic rings. The number of hydrogen-bond donors (Lipinski definition) is 0. The number of piperidine rings is 1. The molecule has 1 aliphatic heterocycles. The van der Waals surface area contributed by atoms with Crippen LogP contribution >= 0.6 is 0 Å². The maximum absolute atomic E-state index is 5.14. The Kier molecular flexibility index (Phi) is 4.45. The highest BCUT2D eigenvalue weighted by Crippen LogP contribution is 2.25. The molecule has 1 unspecified atom stereocenters. The van der Waals surface area contributed by atoms with Gasteiger partial charge in [-0.15, -0.1) is 0 Å². The second-order valence-electron chi connectivity index (χ2n) is 4.66. The predicted octanol–water partition coefficient (Wildman–Crippen LogP) is 1.61. The minimum atomic E-state index is 0.558. The van der Waals surface area contributed by atoms with Crippen molar-refractivity contribution in [3.63, 3.8) is 0 Å². The fourth-order valence-electron chi connectivity index (χ4n) is 2.42. The van der Waals surface area contributed by atoms with Crippen molar-refractivity contribution >= 4 is 0 Å². The summed E-state index contributed by atoms with van der Waals surface area (Å²) in [7, 11) is 1.76. The van der Waals surface area contributed by atoms with Crippen molar-refractivity contribution in [1.29, 1.82) is 0 Å². The zero-order valence-electron chi connectivity index (χ0n) is 10.7. The highest BCUT2D eigenvalue weighted by Gasteiger charge is 2.21. The van der Waals surface area contributed by atoms with E-state index in [2.05, 4.69) is 20.9 Å². The lowest BCUT2D eigenvalue weighted by Gasteiger charge is -2.32. The van der Waals surface area contributed by atoms with Crippen molar-refractivity contribution in [1.82, 2.24) is 14.9 Å². The van der Waals surface area contributed by atoms with Crippen LogP contribution < -0.4 is 0 Å². The van der Waals surface area contributed by atoms with Gasteiger partial charge in [0.2, 0.25) is 0 Å². The fourth-order valence-corrected chi connectivity index (χ4v) is 2.42. The lowest BCUT2D eigenvalue weighted by Crippen LogP contribution is -2.36. The van der Waals surface area contributed by atoms with Crippen molar-refractivity contribution in [2.75, 3.05) is 33.4 Å². The van der Waals surface area contributed by atoms with Gasteiger partial charge in [0.1, 0.15) is 5.82 Å². The summed E-state index contributed by atoms with van der Waals surface area (Å²) >= 11 is 0. The van der Waals surface area contributed by atoms with E-state index in [1.165, 1.54) is 25.1 Å². The third-order valence-corrected chi connectivity index (χ3v) is 3.33. The Morgan fingerprint density at radius 3 is 3.18 bits per heavy atom. The number of aromatic nitrogens is 2. The maximum Gasteiger partial charge on any atom is 0.125 e. The lowest BCUT2D eigenvalue weighted by molar-refractivity contribution is 0.127. The SMILES string of the molecule is COCCN1CCCC(c2ccnc(C)n2)C1. The van der Waals surface area contributed by atoms with Crippen LogP contribution in [0.2, 0.25) is 0 Å². The van der Waals surface area contributed by atoms with Gasteiger partial charge in [0.05, 0.1) is 6.61 Å². The number of ether oxygens (including phenoxy) is 1. The molecule has 2 heterocycles. The molecule has 4 heteroatoms. The zero-order valence-corrected chi connectivity index (χ0v) is 10.7. The van der Waals surface area contributed by atoms with Gasteiger partial charge in [-0.3, -0.25) is 0 Å². The molecule has 0 saturated carbocycles. The fraction of sp³-hybridized carbons (Fsp3) is 0.692. The normalized spacial score (nSPS) is 21.6. The summed E-state index contributed by atoms with van der Waals surface area (Å²) in [6.45, 7) is 6.07. The highest BCUT2D eigenvalue weighted by atomic mass is 16.5. The van der Waals surface area contributed by atoms with Crippen LogP contribution in [-0.2, 0) is 4.74 Å². The van der Waals surface area contributed by atoms with Crippen molar-refractivity contribution in [2.45, 2.75) is 25.7 Å². The van der Waals surface area contributed by atoms with Gasteiger partial charge in [-0.1, -0.05) is 0 Å². The smallest absolute Gasteiger partial charge is 0.125 e. The van der Waals surface area contributed by atoms with Crippen LogP contribution in [0.15, 0.2) is 12.3 Å². The first-order valence-electron chi connectivity index (χ1n) is 6.30. The third kappa shape index (κ3) is 3.48. The molecule has 1 saturated heterocycles. The summed E-state index contributed by atoms with van der Waals surface area (Å²) in [5, 5.41) is 0.